The zero-order chi connectivity index (χ0) is 11.1. The van der Waals surface area contributed by atoms with Crippen LogP contribution in [-0.2, 0) is 0 Å². The van der Waals surface area contributed by atoms with Gasteiger partial charge in [-0.05, 0) is 17.7 Å². The molecule has 2 aromatic rings. The Labute approximate surface area is 101 Å². The van der Waals surface area contributed by atoms with Crippen LogP contribution in [0.1, 0.15) is 11.1 Å². The number of thiol groups is 1. The lowest BCUT2D eigenvalue weighted by Crippen LogP contribution is -2.12. The Kier molecular flexibility index (Phi) is 2.04. The molecule has 16 heavy (non-hydrogen) atoms. The van der Waals surface area contributed by atoms with E-state index in [4.69, 9.17) is 0 Å². The van der Waals surface area contributed by atoms with Crippen molar-refractivity contribution < 1.29 is 0 Å². The summed E-state index contributed by atoms with van der Waals surface area (Å²) in [6.07, 6.45) is 0. The van der Waals surface area contributed by atoms with Gasteiger partial charge in [0.2, 0.25) is 0 Å². The van der Waals surface area contributed by atoms with E-state index in [0.717, 1.165) is 28.1 Å². The molecule has 0 saturated carbocycles. The second-order valence-electron chi connectivity index (χ2n) is 3.82. The zero-order valence-electron chi connectivity index (χ0n) is 8.72. The van der Waals surface area contributed by atoms with Crippen molar-refractivity contribution in [3.05, 3.63) is 66.2 Å². The van der Waals surface area contributed by atoms with Gasteiger partial charge in [-0.25, -0.2) is 0 Å². The van der Waals surface area contributed by atoms with Crippen molar-refractivity contribution in [2.45, 2.75) is 0 Å². The molecule has 0 amide bonds. The fraction of sp³-hybridized carbons (Fsp3) is 0. The molecule has 1 heterocycles. The summed E-state index contributed by atoms with van der Waals surface area (Å²) in [5.41, 5.74) is 5.55. The van der Waals surface area contributed by atoms with E-state index in [0.29, 0.717) is 0 Å². The molecule has 3 rings (SSSR count). The second-order valence-corrected chi connectivity index (χ2v) is 4.22. The monoisotopic (exact) mass is 225 g/mol. The number of hydrogen-bond acceptors (Lipinski definition) is 2. The summed E-state index contributed by atoms with van der Waals surface area (Å²) in [6.45, 7) is 4.17. The van der Waals surface area contributed by atoms with Crippen molar-refractivity contribution >= 4 is 29.8 Å². The predicted octanol–water partition coefficient (Wildman–Crippen LogP) is 4.04. The average molecular weight is 225 g/mol. The molecule has 0 spiro atoms. The Bertz CT molecular complexity index is 525. The molecule has 0 radical (unpaired) electrons. The van der Waals surface area contributed by atoms with Crippen LogP contribution < -0.4 is 4.31 Å². The number of para-hydroxylation sites is 2. The van der Waals surface area contributed by atoms with E-state index in [1.54, 1.807) is 0 Å². The van der Waals surface area contributed by atoms with Gasteiger partial charge in [0, 0.05) is 11.1 Å². The van der Waals surface area contributed by atoms with Crippen molar-refractivity contribution in [2.24, 2.45) is 0 Å². The maximum atomic E-state index is 4.55. The Morgan fingerprint density at radius 3 is 1.75 bits per heavy atom. The third-order valence-corrected chi connectivity index (χ3v) is 3.35. The third kappa shape index (κ3) is 1.20. The number of anilines is 2. The van der Waals surface area contributed by atoms with Crippen molar-refractivity contribution in [3.63, 3.8) is 0 Å². The lowest BCUT2D eigenvalue weighted by atomic mass is 9.93. The van der Waals surface area contributed by atoms with Crippen LogP contribution >= 0.6 is 12.8 Å². The van der Waals surface area contributed by atoms with Crippen LogP contribution in [0.2, 0.25) is 0 Å². The molecule has 0 fully saturated rings. The van der Waals surface area contributed by atoms with E-state index in [-0.39, 0.29) is 0 Å². The first-order valence-electron chi connectivity index (χ1n) is 5.16. The quantitative estimate of drug-likeness (QED) is 0.662. The Hall–Kier alpha value is -1.67. The van der Waals surface area contributed by atoms with Crippen LogP contribution in [0.5, 0.6) is 0 Å². The lowest BCUT2D eigenvalue weighted by Gasteiger charge is -2.29. The number of hydrogen-bond donors (Lipinski definition) is 1. The molecule has 0 bridgehead atoms. The molecule has 2 aromatic carbocycles. The molecule has 0 aliphatic carbocycles. The minimum atomic E-state index is 1.07. The molecule has 0 aromatic heterocycles. The molecule has 0 unspecified atom stereocenters. The van der Waals surface area contributed by atoms with E-state index in [1.807, 2.05) is 28.6 Å². The Morgan fingerprint density at radius 1 is 0.812 bits per heavy atom. The third-order valence-electron chi connectivity index (χ3n) is 2.91. The standard InChI is InChI=1S/C14H11NS/c1-10-11-6-2-4-8-13(11)15(16)14-9-5-3-7-12(10)14/h2-9,16H,1H2. The Balaban J connectivity index is 2.30. The first kappa shape index (κ1) is 9.55. The summed E-state index contributed by atoms with van der Waals surface area (Å²) in [4.78, 5) is 0. The maximum absolute atomic E-state index is 4.55. The first-order valence-corrected chi connectivity index (χ1v) is 5.56. The van der Waals surface area contributed by atoms with Gasteiger partial charge in [0.05, 0.1) is 11.4 Å². The number of fused-ring (bicyclic) bond motifs is 2. The van der Waals surface area contributed by atoms with Gasteiger partial charge >= 0.3 is 0 Å². The predicted molar refractivity (Wildman–Crippen MR) is 72.1 cm³/mol. The summed E-state index contributed by atoms with van der Waals surface area (Å²) in [5, 5.41) is 0. The number of nitrogens with zero attached hydrogens (tertiary/aromatic N) is 1. The fourth-order valence-electron chi connectivity index (χ4n) is 2.10. The van der Waals surface area contributed by atoms with Gasteiger partial charge in [-0.2, -0.15) is 0 Å². The van der Waals surface area contributed by atoms with Gasteiger partial charge in [-0.15, -0.1) is 0 Å². The molecular formula is C14H11NS. The van der Waals surface area contributed by atoms with E-state index in [9.17, 15) is 0 Å². The van der Waals surface area contributed by atoms with E-state index < -0.39 is 0 Å². The van der Waals surface area contributed by atoms with Crippen molar-refractivity contribution in [1.82, 2.24) is 0 Å². The largest absolute Gasteiger partial charge is 0.286 e. The first-order chi connectivity index (χ1) is 7.79. The summed E-state index contributed by atoms with van der Waals surface area (Å²) >= 11 is 4.55. The molecule has 2 heteroatoms. The summed E-state index contributed by atoms with van der Waals surface area (Å²) < 4.78 is 1.92. The number of benzene rings is 2. The fourth-order valence-corrected chi connectivity index (χ4v) is 2.45. The zero-order valence-corrected chi connectivity index (χ0v) is 9.61. The summed E-state index contributed by atoms with van der Waals surface area (Å²) in [7, 11) is 0. The molecule has 0 saturated heterocycles. The Morgan fingerprint density at radius 2 is 1.25 bits per heavy atom. The summed E-state index contributed by atoms with van der Waals surface area (Å²) in [5.74, 6) is 0. The molecule has 1 nitrogen and oxygen atoms in total. The summed E-state index contributed by atoms with van der Waals surface area (Å²) in [6, 6.07) is 16.4. The highest BCUT2D eigenvalue weighted by atomic mass is 32.1. The molecule has 1 aliphatic rings. The van der Waals surface area contributed by atoms with Crippen LogP contribution in [0.25, 0.3) is 5.57 Å². The van der Waals surface area contributed by atoms with Crippen LogP contribution in [0.15, 0.2) is 55.1 Å². The van der Waals surface area contributed by atoms with Crippen LogP contribution in [0, 0.1) is 0 Å². The highest BCUT2D eigenvalue weighted by molar-refractivity contribution is 7.82. The van der Waals surface area contributed by atoms with Crippen molar-refractivity contribution in [3.8, 4) is 0 Å². The highest BCUT2D eigenvalue weighted by Gasteiger charge is 2.22. The van der Waals surface area contributed by atoms with Gasteiger partial charge in [0.1, 0.15) is 0 Å². The van der Waals surface area contributed by atoms with Gasteiger partial charge in [-0.3, -0.25) is 4.31 Å². The van der Waals surface area contributed by atoms with E-state index in [1.165, 1.54) is 0 Å². The van der Waals surface area contributed by atoms with Gasteiger partial charge in [0.15, 0.2) is 0 Å². The van der Waals surface area contributed by atoms with Crippen LogP contribution in [0.4, 0.5) is 11.4 Å². The van der Waals surface area contributed by atoms with E-state index in [2.05, 4.69) is 43.7 Å². The molecule has 0 N–H and O–H groups in total. The maximum Gasteiger partial charge on any atom is 0.0601 e. The smallest absolute Gasteiger partial charge is 0.0601 e. The van der Waals surface area contributed by atoms with Gasteiger partial charge in [-0.1, -0.05) is 55.8 Å². The van der Waals surface area contributed by atoms with Crippen LogP contribution in [0.3, 0.4) is 0 Å². The van der Waals surface area contributed by atoms with Gasteiger partial charge < -0.3 is 0 Å². The minimum absolute atomic E-state index is 1.07. The van der Waals surface area contributed by atoms with Crippen molar-refractivity contribution in [1.29, 1.82) is 0 Å². The lowest BCUT2D eigenvalue weighted by molar-refractivity contribution is 1.36. The van der Waals surface area contributed by atoms with Crippen molar-refractivity contribution in [2.75, 3.05) is 4.31 Å². The topological polar surface area (TPSA) is 3.24 Å². The second kappa shape index (κ2) is 3.42. The average Bonchev–Trinajstić information content (AvgIpc) is 2.36. The molecule has 78 valence electrons. The normalized spacial score (nSPS) is 13.3. The minimum Gasteiger partial charge on any atom is -0.286 e. The molecule has 1 aliphatic heterocycles. The van der Waals surface area contributed by atoms with Crippen LogP contribution in [-0.4, -0.2) is 0 Å². The molecule has 0 atom stereocenters. The molecular weight excluding hydrogens is 214 g/mol. The SMILES string of the molecule is C=C1c2ccccc2N(S)c2ccccc21. The highest BCUT2D eigenvalue weighted by Crippen LogP contribution is 2.44. The van der Waals surface area contributed by atoms with E-state index >= 15 is 0 Å². The van der Waals surface area contributed by atoms with Gasteiger partial charge in [0.25, 0.3) is 0 Å². The number of rotatable bonds is 0.